The van der Waals surface area contributed by atoms with E-state index in [0.29, 0.717) is 22.8 Å². The summed E-state index contributed by atoms with van der Waals surface area (Å²) in [6.45, 7) is 3.83. The SMILES string of the molecule is COc1cc(/C=C/C(=O)c2cc(OC)c(C)cc2OC)c(OC)cc1C. The van der Waals surface area contributed by atoms with Gasteiger partial charge in [0, 0.05) is 5.56 Å². The van der Waals surface area contributed by atoms with Crippen molar-refractivity contribution in [1.82, 2.24) is 0 Å². The van der Waals surface area contributed by atoms with Crippen molar-refractivity contribution in [3.8, 4) is 23.0 Å². The molecule has 0 saturated carbocycles. The standard InChI is InChI=1S/C21H24O5/c1-13-9-20(25-5)15(11-18(13)23-3)7-8-17(22)16-12-19(24-4)14(2)10-21(16)26-6/h7-12H,1-6H3/b8-7+. The summed E-state index contributed by atoms with van der Waals surface area (Å²) < 4.78 is 21.4. The number of ketones is 1. The van der Waals surface area contributed by atoms with Crippen molar-refractivity contribution in [3.63, 3.8) is 0 Å². The second-order valence-electron chi connectivity index (χ2n) is 5.78. The first-order valence-corrected chi connectivity index (χ1v) is 8.12. The Labute approximate surface area is 154 Å². The summed E-state index contributed by atoms with van der Waals surface area (Å²) >= 11 is 0. The van der Waals surface area contributed by atoms with Crippen LogP contribution in [0.25, 0.3) is 6.08 Å². The van der Waals surface area contributed by atoms with Gasteiger partial charge < -0.3 is 18.9 Å². The Morgan fingerprint density at radius 1 is 0.731 bits per heavy atom. The first kappa shape index (κ1) is 19.4. The van der Waals surface area contributed by atoms with Gasteiger partial charge in [0.15, 0.2) is 5.78 Å². The average molecular weight is 356 g/mol. The van der Waals surface area contributed by atoms with E-state index < -0.39 is 0 Å². The van der Waals surface area contributed by atoms with Crippen molar-refractivity contribution in [2.75, 3.05) is 28.4 Å². The number of rotatable bonds is 7. The minimum atomic E-state index is -0.193. The zero-order chi connectivity index (χ0) is 19.3. The minimum absolute atomic E-state index is 0.193. The lowest BCUT2D eigenvalue weighted by atomic mass is 10.0. The number of aryl methyl sites for hydroxylation is 2. The number of ether oxygens (including phenoxy) is 4. The summed E-state index contributed by atoms with van der Waals surface area (Å²) in [5.74, 6) is 2.35. The van der Waals surface area contributed by atoms with E-state index in [9.17, 15) is 4.79 Å². The molecule has 0 aromatic heterocycles. The Hall–Kier alpha value is -2.95. The zero-order valence-electron chi connectivity index (χ0n) is 16.0. The average Bonchev–Trinajstić information content (AvgIpc) is 2.65. The molecule has 138 valence electrons. The van der Waals surface area contributed by atoms with Crippen molar-refractivity contribution < 1.29 is 23.7 Å². The van der Waals surface area contributed by atoms with Gasteiger partial charge in [-0.3, -0.25) is 4.79 Å². The van der Waals surface area contributed by atoms with Gasteiger partial charge in [-0.25, -0.2) is 0 Å². The molecule has 0 N–H and O–H groups in total. The van der Waals surface area contributed by atoms with Crippen molar-refractivity contribution in [1.29, 1.82) is 0 Å². The highest BCUT2D eigenvalue weighted by molar-refractivity contribution is 6.09. The number of methoxy groups -OCH3 is 4. The molecule has 0 amide bonds. The minimum Gasteiger partial charge on any atom is -0.496 e. The molecule has 2 aromatic carbocycles. The third kappa shape index (κ3) is 3.99. The van der Waals surface area contributed by atoms with Gasteiger partial charge in [0.2, 0.25) is 0 Å². The van der Waals surface area contributed by atoms with Crippen LogP contribution in [0, 0.1) is 13.8 Å². The van der Waals surface area contributed by atoms with Gasteiger partial charge >= 0.3 is 0 Å². The molecule has 2 aromatic rings. The maximum absolute atomic E-state index is 12.7. The summed E-state index contributed by atoms with van der Waals surface area (Å²) in [4.78, 5) is 12.7. The van der Waals surface area contributed by atoms with Crippen LogP contribution in [0.15, 0.2) is 30.3 Å². The van der Waals surface area contributed by atoms with E-state index in [1.54, 1.807) is 39.5 Å². The number of carbonyl (C=O) groups excluding carboxylic acids is 1. The molecule has 0 unspecified atom stereocenters. The van der Waals surface area contributed by atoms with E-state index in [0.717, 1.165) is 22.4 Å². The molecule has 0 aliphatic heterocycles. The second kappa shape index (κ2) is 8.43. The van der Waals surface area contributed by atoms with Crippen LogP contribution in [-0.4, -0.2) is 34.2 Å². The predicted molar refractivity (Wildman–Crippen MR) is 102 cm³/mol. The lowest BCUT2D eigenvalue weighted by Crippen LogP contribution is -2.01. The maximum Gasteiger partial charge on any atom is 0.189 e. The summed E-state index contributed by atoms with van der Waals surface area (Å²) in [5.41, 5.74) is 3.04. The highest BCUT2D eigenvalue weighted by Gasteiger charge is 2.14. The predicted octanol–water partition coefficient (Wildman–Crippen LogP) is 4.23. The van der Waals surface area contributed by atoms with Gasteiger partial charge in [-0.05, 0) is 61.4 Å². The largest absolute Gasteiger partial charge is 0.496 e. The molecule has 0 fully saturated rings. The van der Waals surface area contributed by atoms with Crippen LogP contribution in [0.5, 0.6) is 23.0 Å². The lowest BCUT2D eigenvalue weighted by Gasteiger charge is -2.12. The first-order chi connectivity index (χ1) is 12.4. The third-order valence-corrected chi connectivity index (χ3v) is 4.14. The Balaban J connectivity index is 2.41. The van der Waals surface area contributed by atoms with E-state index in [4.69, 9.17) is 18.9 Å². The molecule has 2 rings (SSSR count). The van der Waals surface area contributed by atoms with Crippen LogP contribution in [0.1, 0.15) is 27.0 Å². The fourth-order valence-electron chi connectivity index (χ4n) is 2.70. The van der Waals surface area contributed by atoms with E-state index in [2.05, 4.69) is 0 Å². The normalized spacial score (nSPS) is 10.7. The molecule has 0 bridgehead atoms. The van der Waals surface area contributed by atoms with E-state index in [1.807, 2.05) is 26.0 Å². The van der Waals surface area contributed by atoms with Crippen LogP contribution in [0.2, 0.25) is 0 Å². The maximum atomic E-state index is 12.7. The Bertz CT molecular complexity index is 837. The molecular formula is C21H24O5. The van der Waals surface area contributed by atoms with Gasteiger partial charge in [-0.2, -0.15) is 0 Å². The molecular weight excluding hydrogens is 332 g/mol. The van der Waals surface area contributed by atoms with Crippen molar-refractivity contribution >= 4 is 11.9 Å². The number of hydrogen-bond donors (Lipinski definition) is 0. The van der Waals surface area contributed by atoms with Crippen LogP contribution >= 0.6 is 0 Å². The summed E-state index contributed by atoms with van der Waals surface area (Å²) in [5, 5.41) is 0. The monoisotopic (exact) mass is 356 g/mol. The quantitative estimate of drug-likeness (QED) is 0.549. The lowest BCUT2D eigenvalue weighted by molar-refractivity contribution is 0.104. The molecule has 0 atom stereocenters. The van der Waals surface area contributed by atoms with E-state index in [1.165, 1.54) is 13.2 Å². The van der Waals surface area contributed by atoms with Gasteiger partial charge in [-0.1, -0.05) is 0 Å². The van der Waals surface area contributed by atoms with Crippen LogP contribution < -0.4 is 18.9 Å². The molecule has 5 nitrogen and oxygen atoms in total. The Kier molecular flexibility index (Phi) is 6.28. The van der Waals surface area contributed by atoms with Gasteiger partial charge in [0.25, 0.3) is 0 Å². The van der Waals surface area contributed by atoms with Crippen molar-refractivity contribution in [2.45, 2.75) is 13.8 Å². The fraction of sp³-hybridized carbons (Fsp3) is 0.286. The molecule has 0 saturated heterocycles. The molecule has 0 aliphatic carbocycles. The molecule has 0 heterocycles. The van der Waals surface area contributed by atoms with Crippen LogP contribution in [-0.2, 0) is 0 Å². The highest BCUT2D eigenvalue weighted by Crippen LogP contribution is 2.31. The Morgan fingerprint density at radius 2 is 1.23 bits per heavy atom. The topological polar surface area (TPSA) is 54.0 Å². The first-order valence-electron chi connectivity index (χ1n) is 8.12. The Morgan fingerprint density at radius 3 is 1.77 bits per heavy atom. The summed E-state index contributed by atoms with van der Waals surface area (Å²) in [7, 11) is 6.31. The van der Waals surface area contributed by atoms with Crippen LogP contribution in [0.3, 0.4) is 0 Å². The fourth-order valence-corrected chi connectivity index (χ4v) is 2.70. The molecule has 26 heavy (non-hydrogen) atoms. The number of carbonyl (C=O) groups is 1. The molecule has 0 aliphatic rings. The highest BCUT2D eigenvalue weighted by atomic mass is 16.5. The molecule has 0 spiro atoms. The van der Waals surface area contributed by atoms with Gasteiger partial charge in [0.05, 0.1) is 34.0 Å². The number of allylic oxidation sites excluding steroid dienone is 1. The molecule has 0 radical (unpaired) electrons. The van der Waals surface area contributed by atoms with E-state index >= 15 is 0 Å². The van der Waals surface area contributed by atoms with E-state index in [-0.39, 0.29) is 5.78 Å². The number of benzene rings is 2. The zero-order valence-corrected chi connectivity index (χ0v) is 16.0. The van der Waals surface area contributed by atoms with Crippen molar-refractivity contribution in [2.24, 2.45) is 0 Å². The molecule has 5 heteroatoms. The van der Waals surface area contributed by atoms with Crippen molar-refractivity contribution in [3.05, 3.63) is 52.6 Å². The van der Waals surface area contributed by atoms with Gasteiger partial charge in [0.1, 0.15) is 23.0 Å². The van der Waals surface area contributed by atoms with Crippen LogP contribution in [0.4, 0.5) is 0 Å². The number of hydrogen-bond acceptors (Lipinski definition) is 5. The second-order valence-corrected chi connectivity index (χ2v) is 5.78. The third-order valence-electron chi connectivity index (χ3n) is 4.14. The smallest absolute Gasteiger partial charge is 0.189 e. The summed E-state index contributed by atoms with van der Waals surface area (Å²) in [6.07, 6.45) is 3.19. The van der Waals surface area contributed by atoms with Gasteiger partial charge in [-0.15, -0.1) is 0 Å². The summed E-state index contributed by atoms with van der Waals surface area (Å²) in [6, 6.07) is 7.19.